The van der Waals surface area contributed by atoms with Gasteiger partial charge in [0.1, 0.15) is 5.01 Å². The van der Waals surface area contributed by atoms with E-state index in [4.69, 9.17) is 9.84 Å². The van der Waals surface area contributed by atoms with E-state index in [1.54, 1.807) is 11.3 Å². The van der Waals surface area contributed by atoms with E-state index in [1.165, 1.54) is 0 Å². The lowest BCUT2D eigenvalue weighted by Gasteiger charge is -2.16. The van der Waals surface area contributed by atoms with Gasteiger partial charge < -0.3 is 10.1 Å². The van der Waals surface area contributed by atoms with E-state index in [2.05, 4.69) is 43.2 Å². The van der Waals surface area contributed by atoms with Gasteiger partial charge in [-0.2, -0.15) is 9.61 Å². The molecule has 0 radical (unpaired) electrons. The van der Waals surface area contributed by atoms with Crippen LogP contribution in [0.3, 0.4) is 0 Å². The van der Waals surface area contributed by atoms with E-state index in [0.29, 0.717) is 12.0 Å². The number of nitrogens with zero attached hydrogens (tertiary/aromatic N) is 4. The summed E-state index contributed by atoms with van der Waals surface area (Å²) in [7, 11) is 0. The van der Waals surface area contributed by atoms with Crippen LogP contribution in [-0.4, -0.2) is 45.6 Å². The lowest BCUT2D eigenvalue weighted by atomic mass is 9.96. The summed E-state index contributed by atoms with van der Waals surface area (Å²) in [6.45, 7) is 10.9. The first-order chi connectivity index (χ1) is 9.50. The maximum atomic E-state index is 5.61. The molecular weight excluding hydrogens is 274 g/mol. The topological polar surface area (TPSA) is 64.3 Å². The van der Waals surface area contributed by atoms with Gasteiger partial charge in [-0.3, -0.25) is 0 Å². The summed E-state index contributed by atoms with van der Waals surface area (Å²) in [4.78, 5) is 0.868. The zero-order valence-electron chi connectivity index (χ0n) is 12.4. The van der Waals surface area contributed by atoms with Crippen LogP contribution in [0.25, 0.3) is 4.96 Å². The number of hydrogen-bond acceptors (Lipinski definition) is 6. The minimum absolute atomic E-state index is 0.0575. The summed E-state index contributed by atoms with van der Waals surface area (Å²) in [5.41, 5.74) is -0.0575. The van der Waals surface area contributed by atoms with Gasteiger partial charge in [0.05, 0.1) is 19.1 Å². The number of aromatic nitrogens is 4. The molecular formula is C13H21N5OS. The lowest BCUT2D eigenvalue weighted by Crippen LogP contribution is -2.34. The Bertz CT molecular complexity index is 599. The predicted octanol–water partition coefficient (Wildman–Crippen LogP) is 1.58. The number of ether oxygens (including phenoxy) is 1. The summed E-state index contributed by atoms with van der Waals surface area (Å²) in [5.74, 6) is 1.23. The van der Waals surface area contributed by atoms with Crippen LogP contribution in [0.15, 0.2) is 0 Å². The second-order valence-electron chi connectivity index (χ2n) is 6.22. The van der Waals surface area contributed by atoms with Crippen LogP contribution in [0.4, 0.5) is 0 Å². The van der Waals surface area contributed by atoms with Crippen molar-refractivity contribution in [1.29, 1.82) is 0 Å². The van der Waals surface area contributed by atoms with Crippen molar-refractivity contribution in [3.63, 3.8) is 0 Å². The van der Waals surface area contributed by atoms with E-state index in [9.17, 15) is 0 Å². The molecule has 1 aliphatic rings. The molecule has 6 nitrogen and oxygen atoms in total. The Morgan fingerprint density at radius 2 is 2.15 bits per heavy atom. The third-order valence-electron chi connectivity index (χ3n) is 3.54. The van der Waals surface area contributed by atoms with Crippen LogP contribution < -0.4 is 5.32 Å². The van der Waals surface area contributed by atoms with Gasteiger partial charge in [0.2, 0.25) is 4.96 Å². The van der Waals surface area contributed by atoms with E-state index in [0.717, 1.165) is 35.6 Å². The average molecular weight is 295 g/mol. The normalized spacial score (nSPS) is 23.8. The summed E-state index contributed by atoms with van der Waals surface area (Å²) in [6, 6.07) is 0.349. The Morgan fingerprint density at radius 3 is 2.85 bits per heavy atom. The molecule has 0 saturated carbocycles. The van der Waals surface area contributed by atoms with Crippen molar-refractivity contribution in [3.8, 4) is 0 Å². The van der Waals surface area contributed by atoms with Crippen LogP contribution >= 0.6 is 11.3 Å². The standard InChI is InChI=1S/C13H21N5OS/c1-5-14-9-7-19-6-8(9)10-17-18-11(13(2,3)4)15-16-12(18)20-10/h8-9,14H,5-7H2,1-4H3. The number of nitrogens with one attached hydrogen (secondary N) is 1. The Balaban J connectivity index is 1.95. The zero-order chi connectivity index (χ0) is 14.3. The summed E-state index contributed by atoms with van der Waals surface area (Å²) in [5, 5.41) is 17.8. The average Bonchev–Trinajstić information content (AvgIpc) is 2.99. The number of rotatable bonds is 3. The van der Waals surface area contributed by atoms with E-state index < -0.39 is 0 Å². The van der Waals surface area contributed by atoms with E-state index in [1.807, 2.05) is 4.52 Å². The van der Waals surface area contributed by atoms with Crippen molar-refractivity contribution in [3.05, 3.63) is 10.8 Å². The van der Waals surface area contributed by atoms with Gasteiger partial charge >= 0.3 is 0 Å². The van der Waals surface area contributed by atoms with Gasteiger partial charge in [0, 0.05) is 11.5 Å². The highest BCUT2D eigenvalue weighted by molar-refractivity contribution is 7.16. The van der Waals surface area contributed by atoms with Crippen molar-refractivity contribution in [2.45, 2.75) is 45.1 Å². The molecule has 110 valence electrons. The largest absolute Gasteiger partial charge is 0.379 e. The van der Waals surface area contributed by atoms with Crippen LogP contribution in [0, 0.1) is 0 Å². The van der Waals surface area contributed by atoms with Gasteiger partial charge in [-0.25, -0.2) is 0 Å². The molecule has 3 heterocycles. The quantitative estimate of drug-likeness (QED) is 0.931. The molecule has 2 aromatic rings. The number of likely N-dealkylation sites (N-methyl/N-ethyl adjacent to an activating group) is 1. The first-order valence-electron chi connectivity index (χ1n) is 7.04. The molecule has 20 heavy (non-hydrogen) atoms. The first-order valence-corrected chi connectivity index (χ1v) is 7.86. The van der Waals surface area contributed by atoms with Crippen LogP contribution in [-0.2, 0) is 10.2 Å². The smallest absolute Gasteiger partial charge is 0.234 e. The molecule has 2 aromatic heterocycles. The van der Waals surface area contributed by atoms with Crippen molar-refractivity contribution >= 4 is 16.3 Å². The maximum absolute atomic E-state index is 5.61. The number of fused-ring (bicyclic) bond motifs is 1. The molecule has 2 atom stereocenters. The third kappa shape index (κ3) is 2.34. The van der Waals surface area contributed by atoms with Crippen molar-refractivity contribution in [2.24, 2.45) is 0 Å². The molecule has 3 rings (SSSR count). The second kappa shape index (κ2) is 5.05. The Morgan fingerprint density at radius 1 is 1.35 bits per heavy atom. The fourth-order valence-electron chi connectivity index (χ4n) is 2.51. The highest BCUT2D eigenvalue weighted by atomic mass is 32.1. The van der Waals surface area contributed by atoms with Crippen molar-refractivity contribution in [1.82, 2.24) is 25.1 Å². The molecule has 0 aromatic carbocycles. The molecule has 1 fully saturated rings. The monoisotopic (exact) mass is 295 g/mol. The molecule has 0 spiro atoms. The van der Waals surface area contributed by atoms with Crippen molar-refractivity contribution in [2.75, 3.05) is 19.8 Å². The summed E-state index contributed by atoms with van der Waals surface area (Å²) >= 11 is 1.62. The Hall–Kier alpha value is -1.05. The SMILES string of the molecule is CCNC1COCC1c1nn2c(C(C)(C)C)nnc2s1. The molecule has 2 unspecified atom stereocenters. The zero-order valence-corrected chi connectivity index (χ0v) is 13.2. The maximum Gasteiger partial charge on any atom is 0.234 e. The molecule has 0 amide bonds. The highest BCUT2D eigenvalue weighted by Crippen LogP contribution is 2.31. The molecule has 0 aliphatic carbocycles. The highest BCUT2D eigenvalue weighted by Gasteiger charge is 2.33. The molecule has 7 heteroatoms. The van der Waals surface area contributed by atoms with Crippen LogP contribution in [0.5, 0.6) is 0 Å². The number of hydrogen-bond donors (Lipinski definition) is 1. The van der Waals surface area contributed by atoms with Gasteiger partial charge in [0.15, 0.2) is 5.82 Å². The minimum Gasteiger partial charge on any atom is -0.379 e. The van der Waals surface area contributed by atoms with Gasteiger partial charge in [-0.05, 0) is 6.54 Å². The summed E-state index contributed by atoms with van der Waals surface area (Å²) in [6.07, 6.45) is 0. The van der Waals surface area contributed by atoms with E-state index >= 15 is 0 Å². The van der Waals surface area contributed by atoms with Gasteiger partial charge in [-0.15, -0.1) is 10.2 Å². The van der Waals surface area contributed by atoms with Crippen LogP contribution in [0.1, 0.15) is 44.4 Å². The first kappa shape index (κ1) is 13.9. The molecule has 1 N–H and O–H groups in total. The van der Waals surface area contributed by atoms with E-state index in [-0.39, 0.29) is 5.41 Å². The lowest BCUT2D eigenvalue weighted by molar-refractivity contribution is 0.187. The molecule has 1 saturated heterocycles. The van der Waals surface area contributed by atoms with Gasteiger partial charge in [0.25, 0.3) is 0 Å². The fourth-order valence-corrected chi connectivity index (χ4v) is 3.50. The van der Waals surface area contributed by atoms with Gasteiger partial charge in [-0.1, -0.05) is 39.0 Å². The molecule has 1 aliphatic heterocycles. The fraction of sp³-hybridized carbons (Fsp3) is 0.769. The minimum atomic E-state index is -0.0575. The summed E-state index contributed by atoms with van der Waals surface area (Å²) < 4.78 is 7.50. The Kier molecular flexibility index (Phi) is 3.51. The predicted molar refractivity (Wildman–Crippen MR) is 78.4 cm³/mol. The third-order valence-corrected chi connectivity index (χ3v) is 4.57. The van der Waals surface area contributed by atoms with Crippen molar-refractivity contribution < 1.29 is 4.74 Å². The molecule has 0 bridgehead atoms. The second-order valence-corrected chi connectivity index (χ2v) is 7.20. The Labute approximate surface area is 122 Å². The van der Waals surface area contributed by atoms with Crippen LogP contribution in [0.2, 0.25) is 0 Å².